The van der Waals surface area contributed by atoms with Crippen molar-refractivity contribution in [3.05, 3.63) is 46.0 Å². The summed E-state index contributed by atoms with van der Waals surface area (Å²) in [4.78, 5) is 10.4. The van der Waals surface area contributed by atoms with Gasteiger partial charge in [-0.3, -0.25) is 10.1 Å². The van der Waals surface area contributed by atoms with Gasteiger partial charge in [0, 0.05) is 24.2 Å². The van der Waals surface area contributed by atoms with E-state index in [1.807, 2.05) is 0 Å². The van der Waals surface area contributed by atoms with Crippen LogP contribution in [0.3, 0.4) is 0 Å². The fraction of sp³-hybridized carbons (Fsp3) is 0.200. The maximum absolute atomic E-state index is 10.8. The van der Waals surface area contributed by atoms with Crippen molar-refractivity contribution in [3.63, 3.8) is 0 Å². The highest BCUT2D eigenvalue weighted by Crippen LogP contribution is 2.27. The maximum Gasteiger partial charge on any atom is 0.293 e. The lowest BCUT2D eigenvalue weighted by molar-refractivity contribution is -0.383. The molecule has 18 heavy (non-hydrogen) atoms. The van der Waals surface area contributed by atoms with Gasteiger partial charge in [0.2, 0.25) is 0 Å². The molecule has 0 aliphatic carbocycles. The smallest absolute Gasteiger partial charge is 0.293 e. The van der Waals surface area contributed by atoms with Crippen LogP contribution in [0.15, 0.2) is 30.9 Å². The number of nitrogens with one attached hydrogen (secondary N) is 1. The van der Waals surface area contributed by atoms with Crippen LogP contribution in [0.5, 0.6) is 0 Å². The van der Waals surface area contributed by atoms with E-state index in [0.717, 1.165) is 0 Å². The molecule has 1 heterocycles. The van der Waals surface area contributed by atoms with E-state index in [-0.39, 0.29) is 5.69 Å². The molecule has 2 aromatic rings. The SMILES string of the molecule is O=[N+]([O-])c1cc(Cl)ccc1NCCn1cnnc1. The fourth-order valence-corrected chi connectivity index (χ4v) is 1.63. The first-order chi connectivity index (χ1) is 8.66. The van der Waals surface area contributed by atoms with Crippen LogP contribution < -0.4 is 5.32 Å². The number of benzene rings is 1. The van der Waals surface area contributed by atoms with E-state index in [2.05, 4.69) is 15.5 Å². The Bertz CT molecular complexity index is 543. The third-order valence-corrected chi connectivity index (χ3v) is 2.54. The summed E-state index contributed by atoms with van der Waals surface area (Å²) in [5.41, 5.74) is 0.406. The summed E-state index contributed by atoms with van der Waals surface area (Å²) in [7, 11) is 0. The van der Waals surface area contributed by atoms with Gasteiger partial charge in [-0.25, -0.2) is 0 Å². The van der Waals surface area contributed by atoms with E-state index in [1.54, 1.807) is 29.4 Å². The number of nitrogens with zero attached hydrogens (tertiary/aromatic N) is 4. The average molecular weight is 268 g/mol. The molecule has 0 saturated carbocycles. The highest BCUT2D eigenvalue weighted by atomic mass is 35.5. The fourth-order valence-electron chi connectivity index (χ4n) is 1.46. The van der Waals surface area contributed by atoms with Crippen molar-refractivity contribution in [2.45, 2.75) is 6.54 Å². The molecule has 1 N–H and O–H groups in total. The minimum atomic E-state index is -0.465. The van der Waals surface area contributed by atoms with Crippen LogP contribution in [0.25, 0.3) is 0 Å². The Labute approximate surface area is 108 Å². The third kappa shape index (κ3) is 2.95. The number of nitro benzene ring substituents is 1. The number of aromatic nitrogens is 3. The summed E-state index contributed by atoms with van der Waals surface area (Å²) in [5, 5.41) is 21.5. The number of anilines is 1. The van der Waals surface area contributed by atoms with E-state index in [0.29, 0.717) is 23.8 Å². The average Bonchev–Trinajstić information content (AvgIpc) is 2.84. The monoisotopic (exact) mass is 267 g/mol. The summed E-state index contributed by atoms with van der Waals surface area (Å²) in [5.74, 6) is 0. The minimum Gasteiger partial charge on any atom is -0.378 e. The Balaban J connectivity index is 2.02. The van der Waals surface area contributed by atoms with Crippen molar-refractivity contribution < 1.29 is 4.92 Å². The van der Waals surface area contributed by atoms with E-state index < -0.39 is 4.92 Å². The second-order valence-electron chi connectivity index (χ2n) is 3.55. The summed E-state index contributed by atoms with van der Waals surface area (Å²) < 4.78 is 1.77. The van der Waals surface area contributed by atoms with Gasteiger partial charge < -0.3 is 9.88 Å². The summed E-state index contributed by atoms with van der Waals surface area (Å²) in [6, 6.07) is 4.52. The molecule has 0 fully saturated rings. The summed E-state index contributed by atoms with van der Waals surface area (Å²) >= 11 is 5.72. The largest absolute Gasteiger partial charge is 0.378 e. The molecular weight excluding hydrogens is 258 g/mol. The van der Waals surface area contributed by atoms with E-state index in [1.165, 1.54) is 6.07 Å². The zero-order valence-corrected chi connectivity index (χ0v) is 10.0. The van der Waals surface area contributed by atoms with Gasteiger partial charge in [0.25, 0.3) is 5.69 Å². The molecule has 94 valence electrons. The molecule has 2 rings (SSSR count). The van der Waals surface area contributed by atoms with Crippen LogP contribution in [0, 0.1) is 10.1 Å². The lowest BCUT2D eigenvalue weighted by Crippen LogP contribution is -2.10. The normalized spacial score (nSPS) is 10.3. The highest BCUT2D eigenvalue weighted by molar-refractivity contribution is 6.30. The van der Waals surface area contributed by atoms with Crippen molar-refractivity contribution in [2.24, 2.45) is 0 Å². The lowest BCUT2D eigenvalue weighted by atomic mass is 10.2. The van der Waals surface area contributed by atoms with Crippen LogP contribution in [0.4, 0.5) is 11.4 Å². The van der Waals surface area contributed by atoms with Gasteiger partial charge >= 0.3 is 0 Å². The molecule has 0 saturated heterocycles. The summed E-state index contributed by atoms with van der Waals surface area (Å²) in [6.07, 6.45) is 3.16. The lowest BCUT2D eigenvalue weighted by Gasteiger charge is -2.07. The van der Waals surface area contributed by atoms with Gasteiger partial charge in [0.15, 0.2) is 0 Å². The first-order valence-electron chi connectivity index (χ1n) is 5.17. The van der Waals surface area contributed by atoms with Gasteiger partial charge in [0.05, 0.1) is 4.92 Å². The van der Waals surface area contributed by atoms with Crippen LogP contribution in [0.2, 0.25) is 5.02 Å². The minimum absolute atomic E-state index is 0.0359. The quantitative estimate of drug-likeness (QED) is 0.661. The second-order valence-corrected chi connectivity index (χ2v) is 3.98. The Kier molecular flexibility index (Phi) is 3.73. The first kappa shape index (κ1) is 12.3. The Hall–Kier alpha value is -2.15. The molecule has 0 radical (unpaired) electrons. The zero-order chi connectivity index (χ0) is 13.0. The molecule has 7 nitrogen and oxygen atoms in total. The molecule has 0 atom stereocenters. The van der Waals surface area contributed by atoms with Gasteiger partial charge in [-0.2, -0.15) is 0 Å². The molecule has 0 spiro atoms. The Morgan fingerprint density at radius 2 is 2.11 bits per heavy atom. The molecule has 0 amide bonds. The molecule has 0 unspecified atom stereocenters. The number of rotatable bonds is 5. The Morgan fingerprint density at radius 3 is 2.78 bits per heavy atom. The highest BCUT2D eigenvalue weighted by Gasteiger charge is 2.13. The van der Waals surface area contributed by atoms with Crippen LogP contribution >= 0.6 is 11.6 Å². The van der Waals surface area contributed by atoms with Gasteiger partial charge in [0.1, 0.15) is 18.3 Å². The third-order valence-electron chi connectivity index (χ3n) is 2.31. The molecule has 0 bridgehead atoms. The number of hydrogen-bond donors (Lipinski definition) is 1. The number of halogens is 1. The van der Waals surface area contributed by atoms with Crippen LogP contribution in [-0.4, -0.2) is 26.2 Å². The van der Waals surface area contributed by atoms with Crippen molar-refractivity contribution in [2.75, 3.05) is 11.9 Å². The molecule has 0 aliphatic rings. The van der Waals surface area contributed by atoms with Crippen molar-refractivity contribution >= 4 is 23.0 Å². The predicted octanol–water partition coefficient (Wildman–Crippen LogP) is 1.95. The molecule has 8 heteroatoms. The number of nitro groups is 1. The van der Waals surface area contributed by atoms with Gasteiger partial charge in [-0.15, -0.1) is 10.2 Å². The Morgan fingerprint density at radius 1 is 1.39 bits per heavy atom. The maximum atomic E-state index is 10.8. The van der Waals surface area contributed by atoms with Crippen molar-refractivity contribution in [1.29, 1.82) is 0 Å². The topological polar surface area (TPSA) is 85.9 Å². The van der Waals surface area contributed by atoms with Crippen LogP contribution in [-0.2, 0) is 6.54 Å². The zero-order valence-electron chi connectivity index (χ0n) is 9.28. The first-order valence-corrected chi connectivity index (χ1v) is 5.55. The van der Waals surface area contributed by atoms with Gasteiger partial charge in [-0.05, 0) is 12.1 Å². The van der Waals surface area contributed by atoms with Gasteiger partial charge in [-0.1, -0.05) is 11.6 Å². The number of hydrogen-bond acceptors (Lipinski definition) is 5. The van der Waals surface area contributed by atoms with Crippen LogP contribution in [0.1, 0.15) is 0 Å². The molecule has 1 aromatic heterocycles. The molecule has 1 aromatic carbocycles. The summed E-state index contributed by atoms with van der Waals surface area (Å²) in [6.45, 7) is 1.15. The standard InChI is InChI=1S/C10H10ClN5O2/c11-8-1-2-9(10(5-8)16(17)18)12-3-4-15-6-13-14-7-15/h1-2,5-7,12H,3-4H2. The molecular formula is C10H10ClN5O2. The molecule has 0 aliphatic heterocycles. The van der Waals surface area contributed by atoms with E-state index in [9.17, 15) is 10.1 Å². The predicted molar refractivity (Wildman–Crippen MR) is 66.6 cm³/mol. The van der Waals surface area contributed by atoms with E-state index >= 15 is 0 Å². The van der Waals surface area contributed by atoms with Crippen molar-refractivity contribution in [3.8, 4) is 0 Å². The van der Waals surface area contributed by atoms with E-state index in [4.69, 9.17) is 11.6 Å². The van der Waals surface area contributed by atoms with Crippen molar-refractivity contribution in [1.82, 2.24) is 14.8 Å². The second kappa shape index (κ2) is 5.46.